The van der Waals surface area contributed by atoms with Crippen molar-refractivity contribution in [2.45, 2.75) is 10.6 Å². The summed E-state index contributed by atoms with van der Waals surface area (Å²) in [5.74, 6) is 0.275. The number of aromatic nitrogens is 1. The monoisotopic (exact) mass is 433 g/mol. The second-order valence-corrected chi connectivity index (χ2v) is 8.56. The third-order valence-corrected chi connectivity index (χ3v) is 6.01. The summed E-state index contributed by atoms with van der Waals surface area (Å²) in [4.78, 5) is 4.28. The minimum atomic E-state index is -3.62. The molecule has 0 aliphatic rings. The van der Waals surface area contributed by atoms with Gasteiger partial charge in [-0.1, -0.05) is 28.1 Å². The third kappa shape index (κ3) is 4.05. The van der Waals surface area contributed by atoms with Crippen LogP contribution >= 0.6 is 15.9 Å². The highest BCUT2D eigenvalue weighted by Crippen LogP contribution is 2.30. The number of benzene rings is 2. The van der Waals surface area contributed by atoms with Gasteiger partial charge in [0.2, 0.25) is 0 Å². The molecule has 0 spiro atoms. The summed E-state index contributed by atoms with van der Waals surface area (Å²) in [5.41, 5.74) is 2.19. The molecule has 5 nitrogen and oxygen atoms in total. The molecule has 0 fully saturated rings. The minimum Gasteiger partial charge on any atom is -0.508 e. The summed E-state index contributed by atoms with van der Waals surface area (Å²) in [5, 5.41) is 9.40. The molecule has 1 heterocycles. The lowest BCUT2D eigenvalue weighted by Crippen LogP contribution is -2.07. The van der Waals surface area contributed by atoms with Gasteiger partial charge in [-0.15, -0.1) is 0 Å². The van der Waals surface area contributed by atoms with E-state index in [2.05, 4.69) is 20.9 Å². The molecular formula is C19H16BrNO4S. The fourth-order valence-corrected chi connectivity index (χ4v) is 4.60. The van der Waals surface area contributed by atoms with Gasteiger partial charge >= 0.3 is 0 Å². The third-order valence-electron chi connectivity index (χ3n) is 3.81. The fraction of sp³-hybridized carbons (Fsp3) is 0.105. The van der Waals surface area contributed by atoms with Crippen molar-refractivity contribution >= 4 is 25.8 Å². The summed E-state index contributed by atoms with van der Waals surface area (Å²) in [6.07, 6.45) is 3.19. The van der Waals surface area contributed by atoms with Crippen LogP contribution < -0.4 is 4.74 Å². The first-order chi connectivity index (χ1) is 12.4. The molecule has 0 radical (unpaired) electrons. The molecule has 2 aromatic carbocycles. The van der Waals surface area contributed by atoms with Crippen molar-refractivity contribution in [3.8, 4) is 22.6 Å². The van der Waals surface area contributed by atoms with Crippen LogP contribution in [-0.4, -0.2) is 25.6 Å². The summed E-state index contributed by atoms with van der Waals surface area (Å²) in [7, 11) is -2.18. The topological polar surface area (TPSA) is 76.5 Å². The molecule has 0 bridgehead atoms. The van der Waals surface area contributed by atoms with Gasteiger partial charge in [0, 0.05) is 22.4 Å². The number of phenolic OH excluding ortho intramolecular Hbond substituents is 1. The van der Waals surface area contributed by atoms with E-state index in [1.54, 1.807) is 48.7 Å². The van der Waals surface area contributed by atoms with Crippen molar-refractivity contribution in [2.75, 3.05) is 7.11 Å². The van der Waals surface area contributed by atoms with Crippen molar-refractivity contribution in [1.82, 2.24) is 4.98 Å². The first-order valence-corrected chi connectivity index (χ1v) is 10.1. The number of halogens is 1. The number of aromatic hydroxyl groups is 1. The maximum Gasteiger partial charge on any atom is 0.186 e. The number of methoxy groups -OCH3 is 1. The highest BCUT2D eigenvalue weighted by Gasteiger charge is 2.21. The maximum absolute atomic E-state index is 12.9. The number of sulfone groups is 1. The van der Waals surface area contributed by atoms with Crippen LogP contribution in [0.3, 0.4) is 0 Å². The zero-order valence-electron chi connectivity index (χ0n) is 13.9. The molecule has 7 heteroatoms. The van der Waals surface area contributed by atoms with E-state index in [1.807, 2.05) is 0 Å². The molecule has 1 aromatic heterocycles. The number of pyridine rings is 1. The number of phenols is 1. The second-order valence-electron chi connectivity index (χ2n) is 5.68. The second kappa shape index (κ2) is 7.47. The summed E-state index contributed by atoms with van der Waals surface area (Å²) in [6.45, 7) is 0. The van der Waals surface area contributed by atoms with Gasteiger partial charge in [-0.05, 0) is 47.5 Å². The van der Waals surface area contributed by atoms with Gasteiger partial charge < -0.3 is 9.84 Å². The van der Waals surface area contributed by atoms with E-state index < -0.39 is 9.84 Å². The normalized spacial score (nSPS) is 11.3. The molecule has 134 valence electrons. The van der Waals surface area contributed by atoms with Crippen LogP contribution in [0, 0.1) is 0 Å². The van der Waals surface area contributed by atoms with Gasteiger partial charge in [-0.2, -0.15) is 0 Å². The van der Waals surface area contributed by atoms with Crippen LogP contribution in [0.4, 0.5) is 0 Å². The average Bonchev–Trinajstić information content (AvgIpc) is 2.62. The smallest absolute Gasteiger partial charge is 0.186 e. The van der Waals surface area contributed by atoms with E-state index in [-0.39, 0.29) is 16.4 Å². The average molecular weight is 434 g/mol. The Labute approximate surface area is 160 Å². The maximum atomic E-state index is 12.9. The van der Waals surface area contributed by atoms with E-state index in [0.717, 1.165) is 11.1 Å². The molecule has 0 aliphatic heterocycles. The zero-order chi connectivity index (χ0) is 18.7. The molecule has 0 unspecified atom stereocenters. The zero-order valence-corrected chi connectivity index (χ0v) is 16.3. The van der Waals surface area contributed by atoms with E-state index in [4.69, 9.17) is 4.74 Å². The quantitative estimate of drug-likeness (QED) is 0.652. The van der Waals surface area contributed by atoms with Crippen LogP contribution in [0.2, 0.25) is 0 Å². The van der Waals surface area contributed by atoms with E-state index in [1.165, 1.54) is 19.4 Å². The number of ether oxygens (including phenoxy) is 1. The van der Waals surface area contributed by atoms with Crippen molar-refractivity contribution in [1.29, 1.82) is 0 Å². The first-order valence-electron chi connectivity index (χ1n) is 7.69. The van der Waals surface area contributed by atoms with Gasteiger partial charge in [0.05, 0.1) is 12.9 Å². The Hall–Kier alpha value is -2.38. The predicted molar refractivity (Wildman–Crippen MR) is 103 cm³/mol. The summed E-state index contributed by atoms with van der Waals surface area (Å²) >= 11 is 3.30. The van der Waals surface area contributed by atoms with Crippen LogP contribution in [0.1, 0.15) is 5.56 Å². The number of nitrogens with zero attached hydrogens (tertiary/aromatic N) is 1. The predicted octanol–water partition coefficient (Wildman–Crippen LogP) is 4.20. The Morgan fingerprint density at radius 2 is 1.77 bits per heavy atom. The molecule has 0 aliphatic carbocycles. The standard InChI is InChI=1S/C19H16BrNO4S/c1-25-18-7-4-16(20)9-19(18)26(23,24)12-13-8-15(11-21-10-13)14-2-5-17(22)6-3-14/h2-11,22H,12H2,1H3. The van der Waals surface area contributed by atoms with Gasteiger partial charge in [-0.3, -0.25) is 4.98 Å². The van der Waals surface area contributed by atoms with Crippen LogP contribution in [0.15, 0.2) is 70.3 Å². The molecule has 0 saturated carbocycles. The van der Waals surface area contributed by atoms with Crippen LogP contribution in [0.25, 0.3) is 11.1 Å². The highest BCUT2D eigenvalue weighted by molar-refractivity contribution is 9.10. The first kappa shape index (κ1) is 18.4. The van der Waals surface area contributed by atoms with E-state index in [0.29, 0.717) is 15.8 Å². The Morgan fingerprint density at radius 1 is 1.04 bits per heavy atom. The summed E-state index contributed by atoms with van der Waals surface area (Å²) < 4.78 is 31.6. The lowest BCUT2D eigenvalue weighted by Gasteiger charge is -2.11. The van der Waals surface area contributed by atoms with Gasteiger partial charge in [0.25, 0.3) is 0 Å². The van der Waals surface area contributed by atoms with E-state index >= 15 is 0 Å². The van der Waals surface area contributed by atoms with Crippen molar-refractivity contribution in [2.24, 2.45) is 0 Å². The fourth-order valence-electron chi connectivity index (χ4n) is 2.57. The number of hydrogen-bond donors (Lipinski definition) is 1. The Morgan fingerprint density at radius 3 is 2.46 bits per heavy atom. The Bertz CT molecular complexity index is 1030. The number of hydrogen-bond acceptors (Lipinski definition) is 5. The van der Waals surface area contributed by atoms with Crippen molar-refractivity contribution < 1.29 is 18.3 Å². The van der Waals surface area contributed by atoms with E-state index in [9.17, 15) is 13.5 Å². The molecule has 3 aromatic rings. The van der Waals surface area contributed by atoms with Gasteiger partial charge in [0.15, 0.2) is 9.84 Å². The molecule has 1 N–H and O–H groups in total. The Kier molecular flexibility index (Phi) is 5.29. The van der Waals surface area contributed by atoms with Crippen molar-refractivity contribution in [3.63, 3.8) is 0 Å². The molecule has 0 atom stereocenters. The van der Waals surface area contributed by atoms with Gasteiger partial charge in [-0.25, -0.2) is 8.42 Å². The molecular weight excluding hydrogens is 418 g/mol. The minimum absolute atomic E-state index is 0.129. The lowest BCUT2D eigenvalue weighted by molar-refractivity contribution is 0.402. The summed E-state index contributed by atoms with van der Waals surface area (Å²) in [6, 6.07) is 13.3. The highest BCUT2D eigenvalue weighted by atomic mass is 79.9. The lowest BCUT2D eigenvalue weighted by atomic mass is 10.1. The molecule has 0 saturated heterocycles. The molecule has 0 amide bonds. The van der Waals surface area contributed by atoms with Crippen molar-refractivity contribution in [3.05, 3.63) is 71.0 Å². The SMILES string of the molecule is COc1ccc(Br)cc1S(=O)(=O)Cc1cncc(-c2ccc(O)cc2)c1. The molecule has 26 heavy (non-hydrogen) atoms. The van der Waals surface area contributed by atoms with Gasteiger partial charge in [0.1, 0.15) is 16.4 Å². The van der Waals surface area contributed by atoms with Crippen LogP contribution in [0.5, 0.6) is 11.5 Å². The molecule has 3 rings (SSSR count). The van der Waals surface area contributed by atoms with Crippen LogP contribution in [-0.2, 0) is 15.6 Å². The largest absolute Gasteiger partial charge is 0.508 e. The number of rotatable bonds is 5. The Balaban J connectivity index is 1.95.